The van der Waals surface area contributed by atoms with Crippen molar-refractivity contribution in [2.45, 2.75) is 0 Å². The van der Waals surface area contributed by atoms with Gasteiger partial charge in [0.2, 0.25) is 0 Å². The lowest BCUT2D eigenvalue weighted by atomic mass is 9.98. The molecule has 4 aromatic heterocycles. The van der Waals surface area contributed by atoms with Gasteiger partial charge in [-0.25, -0.2) is 9.97 Å². The van der Waals surface area contributed by atoms with Crippen LogP contribution in [0.3, 0.4) is 0 Å². The molecule has 0 saturated heterocycles. The summed E-state index contributed by atoms with van der Waals surface area (Å²) in [6.45, 7) is 0. The van der Waals surface area contributed by atoms with Crippen LogP contribution in [0.2, 0.25) is 0 Å². The first-order valence-electron chi connectivity index (χ1n) is 16.3. The minimum atomic E-state index is 0.913. The van der Waals surface area contributed by atoms with E-state index in [0.29, 0.717) is 0 Å². The van der Waals surface area contributed by atoms with E-state index in [1.165, 1.54) is 66.0 Å². The summed E-state index contributed by atoms with van der Waals surface area (Å²) in [4.78, 5) is 10.1. The lowest BCUT2D eigenvalue weighted by molar-refractivity contribution is 1.18. The van der Waals surface area contributed by atoms with Crippen molar-refractivity contribution in [2.75, 3.05) is 0 Å². The SMILES string of the molecule is c1ccc(-n2c3ccccc3c3cc(-c4ccc(-c5ccc6c(c5)c5cccc7c8nc9ccccc9nc8n6c57)cc4)ccc32)cc1. The van der Waals surface area contributed by atoms with Gasteiger partial charge in [0.25, 0.3) is 0 Å². The van der Waals surface area contributed by atoms with Crippen LogP contribution in [0, 0.1) is 0 Å². The van der Waals surface area contributed by atoms with Crippen LogP contribution >= 0.6 is 0 Å². The summed E-state index contributed by atoms with van der Waals surface area (Å²) in [5, 5.41) is 6.13. The van der Waals surface area contributed by atoms with Crippen LogP contribution in [0.4, 0.5) is 0 Å². The van der Waals surface area contributed by atoms with Crippen molar-refractivity contribution < 1.29 is 0 Å². The average molecular weight is 611 g/mol. The molecule has 0 radical (unpaired) electrons. The zero-order valence-corrected chi connectivity index (χ0v) is 25.8. The molecule has 0 amide bonds. The van der Waals surface area contributed by atoms with E-state index in [1.54, 1.807) is 0 Å². The molecule has 7 aromatic carbocycles. The summed E-state index contributed by atoms with van der Waals surface area (Å²) in [5.74, 6) is 0. The summed E-state index contributed by atoms with van der Waals surface area (Å²) in [7, 11) is 0. The van der Waals surface area contributed by atoms with Crippen LogP contribution in [-0.2, 0) is 0 Å². The molecule has 48 heavy (non-hydrogen) atoms. The molecule has 11 aromatic rings. The van der Waals surface area contributed by atoms with E-state index in [0.717, 1.165) is 33.1 Å². The second-order valence-electron chi connectivity index (χ2n) is 12.7. The molecule has 4 heterocycles. The Kier molecular flexibility index (Phi) is 5.08. The van der Waals surface area contributed by atoms with Gasteiger partial charge in [-0.3, -0.25) is 4.40 Å². The van der Waals surface area contributed by atoms with Crippen LogP contribution in [-0.4, -0.2) is 18.9 Å². The highest BCUT2D eigenvalue weighted by atomic mass is 15.0. The first-order valence-corrected chi connectivity index (χ1v) is 16.3. The number of para-hydroxylation sites is 5. The van der Waals surface area contributed by atoms with Gasteiger partial charge in [0.15, 0.2) is 5.65 Å². The molecular weight excluding hydrogens is 585 g/mol. The van der Waals surface area contributed by atoms with E-state index in [4.69, 9.17) is 9.97 Å². The average Bonchev–Trinajstić information content (AvgIpc) is 3.78. The Labute approximate surface area is 275 Å². The van der Waals surface area contributed by atoms with Crippen LogP contribution in [0.15, 0.2) is 158 Å². The molecule has 0 aliphatic heterocycles. The van der Waals surface area contributed by atoms with Crippen molar-refractivity contribution in [3.05, 3.63) is 158 Å². The Morgan fingerprint density at radius 2 is 0.938 bits per heavy atom. The normalized spacial score (nSPS) is 12.2. The van der Waals surface area contributed by atoms with Gasteiger partial charge in [-0.2, -0.15) is 0 Å². The van der Waals surface area contributed by atoms with Gasteiger partial charge in [0, 0.05) is 32.6 Å². The van der Waals surface area contributed by atoms with Crippen LogP contribution in [0.5, 0.6) is 0 Å². The van der Waals surface area contributed by atoms with Gasteiger partial charge in [-0.15, -0.1) is 0 Å². The van der Waals surface area contributed by atoms with E-state index >= 15 is 0 Å². The molecule has 0 bridgehead atoms. The Morgan fingerprint density at radius 3 is 1.71 bits per heavy atom. The summed E-state index contributed by atoms with van der Waals surface area (Å²) < 4.78 is 4.66. The minimum absolute atomic E-state index is 0.913. The molecule has 0 spiro atoms. The third-order valence-corrected chi connectivity index (χ3v) is 10.0. The summed E-state index contributed by atoms with van der Waals surface area (Å²) in [5.41, 5.74) is 14.5. The predicted molar refractivity (Wildman–Crippen MR) is 199 cm³/mol. The minimum Gasteiger partial charge on any atom is -0.309 e. The molecular formula is C44H26N4. The fourth-order valence-corrected chi connectivity index (χ4v) is 7.85. The second kappa shape index (κ2) is 9.50. The maximum atomic E-state index is 5.09. The Hall–Kier alpha value is -6.52. The fourth-order valence-electron chi connectivity index (χ4n) is 7.85. The third kappa shape index (κ3) is 3.49. The topological polar surface area (TPSA) is 35.1 Å². The Balaban J connectivity index is 1.02. The van der Waals surface area contributed by atoms with Gasteiger partial charge < -0.3 is 4.57 Å². The maximum absolute atomic E-state index is 5.09. The lowest BCUT2D eigenvalue weighted by Gasteiger charge is -2.09. The van der Waals surface area contributed by atoms with Gasteiger partial charge >= 0.3 is 0 Å². The third-order valence-electron chi connectivity index (χ3n) is 10.0. The van der Waals surface area contributed by atoms with E-state index in [1.807, 2.05) is 24.3 Å². The van der Waals surface area contributed by atoms with Crippen LogP contribution in [0.25, 0.3) is 99.1 Å². The van der Waals surface area contributed by atoms with Crippen LogP contribution < -0.4 is 0 Å². The van der Waals surface area contributed by atoms with E-state index in [-0.39, 0.29) is 0 Å². The van der Waals surface area contributed by atoms with Crippen molar-refractivity contribution in [3.63, 3.8) is 0 Å². The van der Waals surface area contributed by atoms with Crippen molar-refractivity contribution in [1.82, 2.24) is 18.9 Å². The van der Waals surface area contributed by atoms with Gasteiger partial charge in [-0.1, -0.05) is 103 Å². The van der Waals surface area contributed by atoms with Crippen LogP contribution in [0.1, 0.15) is 0 Å². The van der Waals surface area contributed by atoms with Crippen molar-refractivity contribution in [2.24, 2.45) is 0 Å². The molecule has 222 valence electrons. The molecule has 0 unspecified atom stereocenters. The summed E-state index contributed by atoms with van der Waals surface area (Å²) in [6, 6.07) is 56.6. The number of aromatic nitrogens is 4. The van der Waals surface area contributed by atoms with E-state index < -0.39 is 0 Å². The molecule has 0 N–H and O–H groups in total. The molecule has 0 aliphatic rings. The summed E-state index contributed by atoms with van der Waals surface area (Å²) in [6.07, 6.45) is 0. The molecule has 0 atom stereocenters. The van der Waals surface area contributed by atoms with Crippen molar-refractivity contribution in [3.8, 4) is 27.9 Å². The molecule has 4 heteroatoms. The van der Waals surface area contributed by atoms with Crippen molar-refractivity contribution in [1.29, 1.82) is 0 Å². The second-order valence-corrected chi connectivity index (χ2v) is 12.7. The first-order chi connectivity index (χ1) is 23.8. The monoisotopic (exact) mass is 610 g/mol. The molecule has 0 aliphatic carbocycles. The van der Waals surface area contributed by atoms with Gasteiger partial charge in [0.05, 0.1) is 33.1 Å². The zero-order valence-electron chi connectivity index (χ0n) is 25.8. The lowest BCUT2D eigenvalue weighted by Crippen LogP contribution is -1.92. The number of nitrogens with zero attached hydrogens (tertiary/aromatic N) is 4. The quantitative estimate of drug-likeness (QED) is 0.199. The first kappa shape index (κ1) is 25.6. The molecule has 0 fully saturated rings. The van der Waals surface area contributed by atoms with Gasteiger partial charge in [0.1, 0.15) is 5.52 Å². The highest BCUT2D eigenvalue weighted by Gasteiger charge is 2.20. The fraction of sp³-hybridized carbons (Fsp3) is 0. The highest BCUT2D eigenvalue weighted by Crippen LogP contribution is 2.40. The Morgan fingerprint density at radius 1 is 0.375 bits per heavy atom. The largest absolute Gasteiger partial charge is 0.309 e. The number of hydrogen-bond acceptors (Lipinski definition) is 2. The molecule has 11 rings (SSSR count). The van der Waals surface area contributed by atoms with E-state index in [2.05, 4.69) is 142 Å². The summed E-state index contributed by atoms with van der Waals surface area (Å²) >= 11 is 0. The van der Waals surface area contributed by atoms with E-state index in [9.17, 15) is 0 Å². The van der Waals surface area contributed by atoms with Gasteiger partial charge in [-0.05, 0) is 76.9 Å². The number of fused-ring (bicyclic) bond motifs is 10. The standard InChI is InChI=1S/C44H26N4/c1-2-9-31(10-3-1)47-39-16-7-4-11-32(39)35-25-29(21-23-40(35)47)27-17-19-28(20-18-27)30-22-24-41-36(26-30)33-12-8-13-34-42-44(48(41)43(33)34)46-38-15-6-5-14-37(38)45-42/h1-26H. The molecule has 0 saturated carbocycles. The molecule has 4 nitrogen and oxygen atoms in total. The maximum Gasteiger partial charge on any atom is 0.165 e. The number of hydrogen-bond donors (Lipinski definition) is 0. The van der Waals surface area contributed by atoms with Crippen molar-refractivity contribution >= 4 is 71.2 Å². The number of rotatable bonds is 3. The predicted octanol–water partition coefficient (Wildman–Crippen LogP) is 11.2. The smallest absolute Gasteiger partial charge is 0.165 e. The highest BCUT2D eigenvalue weighted by molar-refractivity contribution is 6.22. The number of benzene rings is 7. The Bertz CT molecular complexity index is 3040. The zero-order chi connectivity index (χ0) is 31.3.